The van der Waals surface area contributed by atoms with E-state index >= 15 is 0 Å². The Morgan fingerprint density at radius 3 is 2.59 bits per heavy atom. The number of para-hydroxylation sites is 2. The minimum Gasteiger partial charge on any atom is -0.497 e. The Balaban J connectivity index is 1.39. The van der Waals surface area contributed by atoms with Gasteiger partial charge in [0, 0.05) is 44.2 Å². The zero-order chi connectivity index (χ0) is 22.7. The summed E-state index contributed by atoms with van der Waals surface area (Å²) in [5, 5.41) is 3.02. The quantitative estimate of drug-likeness (QED) is 0.639. The molecule has 1 aliphatic heterocycles. The summed E-state index contributed by atoms with van der Waals surface area (Å²) in [4.78, 5) is 32.2. The van der Waals surface area contributed by atoms with Crippen LogP contribution in [-0.4, -0.2) is 42.8 Å². The highest BCUT2D eigenvalue weighted by atomic mass is 16.5. The zero-order valence-corrected chi connectivity index (χ0v) is 18.6. The van der Waals surface area contributed by atoms with Crippen LogP contribution in [0.2, 0.25) is 0 Å². The molecule has 0 radical (unpaired) electrons. The third-order valence-corrected chi connectivity index (χ3v) is 6.08. The Kier molecular flexibility index (Phi) is 6.30. The molecule has 8 nitrogen and oxygen atoms in total. The van der Waals surface area contributed by atoms with Crippen molar-refractivity contribution in [2.75, 3.05) is 32.2 Å². The van der Waals surface area contributed by atoms with Crippen LogP contribution >= 0.6 is 0 Å². The summed E-state index contributed by atoms with van der Waals surface area (Å²) in [5.41, 5.74) is 2.38. The molecule has 4 rings (SSSR count). The SMILES string of the molecule is COc1ccc(CNC(=O)C2CCN(c3nc4ccccc4n(C)c3=O)CC2)c(OC)c1. The van der Waals surface area contributed by atoms with Crippen LogP contribution in [0.1, 0.15) is 18.4 Å². The first-order valence-corrected chi connectivity index (χ1v) is 10.7. The first-order valence-electron chi connectivity index (χ1n) is 10.7. The molecule has 1 N–H and O–H groups in total. The van der Waals surface area contributed by atoms with Crippen molar-refractivity contribution in [3.8, 4) is 11.5 Å². The fraction of sp³-hybridized carbons (Fsp3) is 0.375. The molecular formula is C24H28N4O4. The number of methoxy groups -OCH3 is 2. The van der Waals surface area contributed by atoms with Crippen LogP contribution < -0.4 is 25.2 Å². The second-order valence-electron chi connectivity index (χ2n) is 7.95. The molecule has 0 saturated carbocycles. The van der Waals surface area contributed by atoms with Crippen molar-refractivity contribution >= 4 is 22.8 Å². The molecule has 1 aliphatic rings. The van der Waals surface area contributed by atoms with Crippen molar-refractivity contribution < 1.29 is 14.3 Å². The van der Waals surface area contributed by atoms with Crippen molar-refractivity contribution in [2.24, 2.45) is 13.0 Å². The maximum absolute atomic E-state index is 12.8. The number of hydrogen-bond acceptors (Lipinski definition) is 6. The Morgan fingerprint density at radius 1 is 1.12 bits per heavy atom. The summed E-state index contributed by atoms with van der Waals surface area (Å²) in [6, 6.07) is 13.2. The summed E-state index contributed by atoms with van der Waals surface area (Å²) >= 11 is 0. The van der Waals surface area contributed by atoms with Gasteiger partial charge in [0.1, 0.15) is 11.5 Å². The highest BCUT2D eigenvalue weighted by Crippen LogP contribution is 2.25. The average molecular weight is 437 g/mol. The number of fused-ring (bicyclic) bond motifs is 1. The molecule has 0 spiro atoms. The molecule has 0 aliphatic carbocycles. The van der Waals surface area contributed by atoms with E-state index in [0.717, 1.165) is 16.6 Å². The maximum atomic E-state index is 12.8. The molecule has 1 aromatic heterocycles. The second-order valence-corrected chi connectivity index (χ2v) is 7.95. The number of nitrogens with zero attached hydrogens (tertiary/aromatic N) is 3. The first kappa shape index (κ1) is 21.7. The fourth-order valence-corrected chi connectivity index (χ4v) is 4.15. The molecule has 0 atom stereocenters. The number of carbonyl (C=O) groups is 1. The van der Waals surface area contributed by atoms with Crippen LogP contribution in [0, 0.1) is 5.92 Å². The van der Waals surface area contributed by atoms with Gasteiger partial charge in [-0.3, -0.25) is 9.59 Å². The molecule has 0 bridgehead atoms. The standard InChI is InChI=1S/C24H28N4O4/c1-27-20-7-5-4-6-19(20)26-22(24(27)30)28-12-10-16(11-13-28)23(29)25-15-17-8-9-18(31-2)14-21(17)32-3/h4-9,14,16H,10-13,15H2,1-3H3,(H,25,29). The first-order chi connectivity index (χ1) is 15.5. The fourth-order valence-electron chi connectivity index (χ4n) is 4.15. The van der Waals surface area contributed by atoms with Gasteiger partial charge in [0.2, 0.25) is 5.91 Å². The van der Waals surface area contributed by atoms with E-state index < -0.39 is 0 Å². The number of aryl methyl sites for hydroxylation is 1. The van der Waals surface area contributed by atoms with E-state index in [1.165, 1.54) is 0 Å². The molecular weight excluding hydrogens is 408 g/mol. The molecule has 1 fully saturated rings. The zero-order valence-electron chi connectivity index (χ0n) is 18.6. The predicted molar refractivity (Wildman–Crippen MR) is 123 cm³/mol. The normalized spacial score (nSPS) is 14.4. The van der Waals surface area contributed by atoms with E-state index in [2.05, 4.69) is 10.3 Å². The number of ether oxygens (including phenoxy) is 2. The number of rotatable bonds is 6. The number of piperidine rings is 1. The Morgan fingerprint density at radius 2 is 1.88 bits per heavy atom. The number of hydrogen-bond donors (Lipinski definition) is 1. The monoisotopic (exact) mass is 436 g/mol. The highest BCUT2D eigenvalue weighted by Gasteiger charge is 2.27. The summed E-state index contributed by atoms with van der Waals surface area (Å²) in [6.07, 6.45) is 1.34. The van der Waals surface area contributed by atoms with Gasteiger partial charge in [-0.2, -0.15) is 0 Å². The number of amides is 1. The van der Waals surface area contributed by atoms with E-state index in [-0.39, 0.29) is 17.4 Å². The molecule has 1 saturated heterocycles. The number of anilines is 1. The smallest absolute Gasteiger partial charge is 0.293 e. The van der Waals surface area contributed by atoms with E-state index in [4.69, 9.17) is 9.47 Å². The summed E-state index contributed by atoms with van der Waals surface area (Å²) in [6.45, 7) is 1.62. The molecule has 168 valence electrons. The van der Waals surface area contributed by atoms with Crippen LogP contribution in [0.5, 0.6) is 11.5 Å². The van der Waals surface area contributed by atoms with Crippen molar-refractivity contribution in [3.05, 3.63) is 58.4 Å². The number of benzene rings is 2. The van der Waals surface area contributed by atoms with Gasteiger partial charge in [-0.15, -0.1) is 0 Å². The molecule has 0 unspecified atom stereocenters. The molecule has 2 heterocycles. The number of carbonyl (C=O) groups excluding carboxylic acids is 1. The van der Waals surface area contributed by atoms with Crippen molar-refractivity contribution in [1.82, 2.24) is 14.9 Å². The Bertz CT molecular complexity index is 1180. The lowest BCUT2D eigenvalue weighted by Gasteiger charge is -2.32. The van der Waals surface area contributed by atoms with Gasteiger partial charge >= 0.3 is 0 Å². The summed E-state index contributed by atoms with van der Waals surface area (Å²) < 4.78 is 12.3. The highest BCUT2D eigenvalue weighted by molar-refractivity contribution is 5.79. The lowest BCUT2D eigenvalue weighted by Crippen LogP contribution is -2.43. The molecule has 8 heteroatoms. The summed E-state index contributed by atoms with van der Waals surface area (Å²) in [7, 11) is 4.97. The van der Waals surface area contributed by atoms with Gasteiger partial charge in [0.25, 0.3) is 5.56 Å². The minimum absolute atomic E-state index is 0.0156. The molecule has 1 amide bonds. The largest absolute Gasteiger partial charge is 0.497 e. The van der Waals surface area contributed by atoms with Gasteiger partial charge < -0.3 is 24.3 Å². The third kappa shape index (κ3) is 4.26. The van der Waals surface area contributed by atoms with Gasteiger partial charge in [0.05, 0.1) is 25.3 Å². The lowest BCUT2D eigenvalue weighted by atomic mass is 9.96. The molecule has 32 heavy (non-hydrogen) atoms. The topological polar surface area (TPSA) is 85.7 Å². The van der Waals surface area contributed by atoms with Gasteiger partial charge in [0.15, 0.2) is 5.82 Å². The van der Waals surface area contributed by atoms with Crippen molar-refractivity contribution in [3.63, 3.8) is 0 Å². The van der Waals surface area contributed by atoms with Gasteiger partial charge in [-0.1, -0.05) is 12.1 Å². The van der Waals surface area contributed by atoms with Crippen LogP contribution in [0.15, 0.2) is 47.3 Å². The van der Waals surface area contributed by atoms with E-state index in [0.29, 0.717) is 49.8 Å². The van der Waals surface area contributed by atoms with E-state index in [9.17, 15) is 9.59 Å². The van der Waals surface area contributed by atoms with E-state index in [1.54, 1.807) is 31.9 Å². The van der Waals surface area contributed by atoms with Gasteiger partial charge in [-0.05, 0) is 37.1 Å². The van der Waals surface area contributed by atoms with Crippen LogP contribution in [-0.2, 0) is 18.4 Å². The average Bonchev–Trinajstić information content (AvgIpc) is 2.84. The van der Waals surface area contributed by atoms with Crippen LogP contribution in [0.4, 0.5) is 5.82 Å². The Hall–Kier alpha value is -3.55. The Labute approximate surface area is 186 Å². The van der Waals surface area contributed by atoms with E-state index in [1.807, 2.05) is 41.3 Å². The number of aromatic nitrogens is 2. The van der Waals surface area contributed by atoms with Gasteiger partial charge in [-0.25, -0.2) is 4.98 Å². The summed E-state index contributed by atoms with van der Waals surface area (Å²) in [5.74, 6) is 1.75. The lowest BCUT2D eigenvalue weighted by molar-refractivity contribution is -0.125. The molecule has 3 aromatic rings. The van der Waals surface area contributed by atoms with Crippen molar-refractivity contribution in [1.29, 1.82) is 0 Å². The third-order valence-electron chi connectivity index (χ3n) is 6.08. The van der Waals surface area contributed by atoms with Crippen molar-refractivity contribution in [2.45, 2.75) is 19.4 Å². The second kappa shape index (κ2) is 9.30. The van der Waals surface area contributed by atoms with Crippen LogP contribution in [0.3, 0.4) is 0 Å². The molecule has 2 aromatic carbocycles. The minimum atomic E-state index is -0.113. The maximum Gasteiger partial charge on any atom is 0.293 e. The number of nitrogens with one attached hydrogen (secondary N) is 1. The van der Waals surface area contributed by atoms with Crippen LogP contribution in [0.25, 0.3) is 11.0 Å². The predicted octanol–water partition coefficient (Wildman–Crippen LogP) is 2.48.